The first-order valence-electron chi connectivity index (χ1n) is 7.53. The third-order valence-electron chi connectivity index (χ3n) is 5.04. The Bertz CT molecular complexity index is 757. The van der Waals surface area contributed by atoms with Crippen LogP contribution >= 0.6 is 0 Å². The summed E-state index contributed by atoms with van der Waals surface area (Å²) in [7, 11) is -1.57. The van der Waals surface area contributed by atoms with Gasteiger partial charge in [-0.2, -0.15) is 0 Å². The molecule has 0 aliphatic heterocycles. The van der Waals surface area contributed by atoms with E-state index in [0.29, 0.717) is 4.90 Å². The number of ketones is 2. The summed E-state index contributed by atoms with van der Waals surface area (Å²) in [5.41, 5.74) is 1.07. The lowest BCUT2D eigenvalue weighted by Crippen LogP contribution is -2.38. The third-order valence-corrected chi connectivity index (χ3v) is 6.46. The van der Waals surface area contributed by atoms with E-state index >= 15 is 0 Å². The van der Waals surface area contributed by atoms with Crippen LogP contribution in [-0.2, 0) is 20.4 Å². The van der Waals surface area contributed by atoms with Gasteiger partial charge in [-0.15, -0.1) is 0 Å². The van der Waals surface area contributed by atoms with Crippen molar-refractivity contribution in [1.82, 2.24) is 0 Å². The predicted molar refractivity (Wildman–Crippen MR) is 83.4 cm³/mol. The van der Waals surface area contributed by atoms with Crippen molar-refractivity contribution in [3.05, 3.63) is 53.0 Å². The normalized spacial score (nSPS) is 33.8. The lowest BCUT2D eigenvalue weighted by atomic mass is 9.75. The van der Waals surface area contributed by atoms with Gasteiger partial charge in [0.1, 0.15) is 0 Å². The molecule has 0 saturated heterocycles. The Hall–Kier alpha value is -1.81. The number of hydrogen-bond donors (Lipinski definition) is 0. The molecule has 0 spiro atoms. The molecule has 1 aromatic carbocycles. The second kappa shape index (κ2) is 4.85. The molecule has 2 bridgehead atoms. The molecule has 112 valence electrons. The Morgan fingerprint density at radius 1 is 1.00 bits per heavy atom. The SMILES string of the molecule is Cc1ccc([S@](=O)C2=CC(=O)[C@@H]3[C@H](C2=O)[C@@H]2C=C[C@H]3C2)cc1. The van der Waals surface area contributed by atoms with Crippen molar-refractivity contribution in [3.8, 4) is 0 Å². The number of allylic oxidation sites excluding steroid dienone is 4. The van der Waals surface area contributed by atoms with Crippen molar-refractivity contribution in [2.45, 2.75) is 18.2 Å². The minimum Gasteiger partial charge on any atom is -0.294 e. The summed E-state index contributed by atoms with van der Waals surface area (Å²) in [6.45, 7) is 1.95. The summed E-state index contributed by atoms with van der Waals surface area (Å²) in [6, 6.07) is 7.26. The van der Waals surface area contributed by atoms with Crippen molar-refractivity contribution in [3.63, 3.8) is 0 Å². The van der Waals surface area contributed by atoms with Crippen LogP contribution in [0.4, 0.5) is 0 Å². The van der Waals surface area contributed by atoms with E-state index in [9.17, 15) is 13.8 Å². The summed E-state index contributed by atoms with van der Waals surface area (Å²) >= 11 is 0. The highest BCUT2D eigenvalue weighted by atomic mass is 32.2. The molecule has 3 nitrogen and oxygen atoms in total. The molecule has 0 aromatic heterocycles. The number of carbonyl (C=O) groups excluding carboxylic acids is 2. The van der Waals surface area contributed by atoms with Crippen molar-refractivity contribution in [1.29, 1.82) is 0 Å². The molecule has 5 atom stereocenters. The number of benzene rings is 1. The van der Waals surface area contributed by atoms with Gasteiger partial charge in [-0.25, -0.2) is 4.21 Å². The molecular weight excluding hydrogens is 296 g/mol. The molecule has 4 rings (SSSR count). The molecule has 22 heavy (non-hydrogen) atoms. The van der Waals surface area contributed by atoms with E-state index in [0.717, 1.165) is 12.0 Å². The zero-order valence-corrected chi connectivity index (χ0v) is 13.0. The first kappa shape index (κ1) is 13.8. The Morgan fingerprint density at radius 3 is 2.32 bits per heavy atom. The highest BCUT2D eigenvalue weighted by Gasteiger charge is 2.53. The van der Waals surface area contributed by atoms with Crippen molar-refractivity contribution in [2.75, 3.05) is 0 Å². The molecule has 3 aliphatic rings. The molecule has 0 amide bonds. The van der Waals surface area contributed by atoms with Crippen LogP contribution in [0.5, 0.6) is 0 Å². The van der Waals surface area contributed by atoms with E-state index in [1.807, 2.05) is 19.1 Å². The summed E-state index contributed by atoms with van der Waals surface area (Å²) in [5.74, 6) is -0.308. The second-order valence-electron chi connectivity index (χ2n) is 6.36. The first-order valence-corrected chi connectivity index (χ1v) is 8.68. The Kier molecular flexibility index (Phi) is 3.05. The lowest BCUT2D eigenvalue weighted by Gasteiger charge is -2.29. The van der Waals surface area contributed by atoms with Gasteiger partial charge in [-0.05, 0) is 37.3 Å². The van der Waals surface area contributed by atoms with Crippen LogP contribution in [0.15, 0.2) is 52.3 Å². The maximum absolute atomic E-state index is 12.8. The van der Waals surface area contributed by atoms with Crippen LogP contribution < -0.4 is 0 Å². The lowest BCUT2D eigenvalue weighted by molar-refractivity contribution is -0.129. The smallest absolute Gasteiger partial charge is 0.176 e. The predicted octanol–water partition coefficient (Wildman–Crippen LogP) is 2.58. The van der Waals surface area contributed by atoms with Gasteiger partial charge in [0.2, 0.25) is 0 Å². The maximum Gasteiger partial charge on any atom is 0.176 e. The van der Waals surface area contributed by atoms with Crippen LogP contribution in [0.1, 0.15) is 12.0 Å². The Balaban J connectivity index is 1.71. The average molecular weight is 312 g/mol. The number of Topliss-reactive ketones (excluding diaryl/α,β-unsaturated/α-hetero) is 1. The van der Waals surface area contributed by atoms with Crippen LogP contribution in [0, 0.1) is 30.6 Å². The first-order chi connectivity index (χ1) is 10.6. The average Bonchev–Trinajstić information content (AvgIpc) is 3.12. The molecule has 3 aliphatic carbocycles. The second-order valence-corrected chi connectivity index (χ2v) is 7.81. The van der Waals surface area contributed by atoms with E-state index in [-0.39, 0.29) is 40.1 Å². The van der Waals surface area contributed by atoms with Crippen LogP contribution in [0.25, 0.3) is 0 Å². The number of aryl methyl sites for hydroxylation is 1. The van der Waals surface area contributed by atoms with E-state index in [2.05, 4.69) is 12.2 Å². The largest absolute Gasteiger partial charge is 0.294 e. The van der Waals surface area contributed by atoms with E-state index in [1.165, 1.54) is 6.08 Å². The molecule has 0 heterocycles. The highest BCUT2D eigenvalue weighted by Crippen LogP contribution is 2.51. The molecule has 1 fully saturated rings. The molecule has 1 saturated carbocycles. The van der Waals surface area contributed by atoms with Gasteiger partial charge >= 0.3 is 0 Å². The Morgan fingerprint density at radius 2 is 1.64 bits per heavy atom. The zero-order chi connectivity index (χ0) is 15.4. The summed E-state index contributed by atoms with van der Waals surface area (Å²) in [6.07, 6.45) is 6.33. The van der Waals surface area contributed by atoms with Gasteiger partial charge in [0.05, 0.1) is 15.7 Å². The number of rotatable bonds is 2. The van der Waals surface area contributed by atoms with Crippen LogP contribution in [0.3, 0.4) is 0 Å². The zero-order valence-electron chi connectivity index (χ0n) is 12.2. The number of fused-ring (bicyclic) bond motifs is 5. The van der Waals surface area contributed by atoms with Gasteiger partial charge in [0.25, 0.3) is 0 Å². The van der Waals surface area contributed by atoms with Gasteiger partial charge in [-0.3, -0.25) is 9.59 Å². The number of carbonyl (C=O) groups is 2. The van der Waals surface area contributed by atoms with Crippen LogP contribution in [0.2, 0.25) is 0 Å². The minimum absolute atomic E-state index is 0.0306. The number of hydrogen-bond acceptors (Lipinski definition) is 3. The quantitative estimate of drug-likeness (QED) is 0.789. The van der Waals surface area contributed by atoms with E-state index in [4.69, 9.17) is 0 Å². The van der Waals surface area contributed by atoms with E-state index < -0.39 is 10.8 Å². The van der Waals surface area contributed by atoms with Gasteiger partial charge in [0, 0.05) is 22.8 Å². The molecular formula is C18H16O3S. The maximum atomic E-state index is 12.8. The topological polar surface area (TPSA) is 51.2 Å². The molecule has 1 aromatic rings. The van der Waals surface area contributed by atoms with Crippen molar-refractivity contribution >= 4 is 22.4 Å². The van der Waals surface area contributed by atoms with Gasteiger partial charge in [0.15, 0.2) is 11.6 Å². The van der Waals surface area contributed by atoms with Gasteiger partial charge < -0.3 is 0 Å². The summed E-state index contributed by atoms with van der Waals surface area (Å²) in [5, 5.41) is 0. The summed E-state index contributed by atoms with van der Waals surface area (Å²) in [4.78, 5) is 25.9. The van der Waals surface area contributed by atoms with Gasteiger partial charge in [-0.1, -0.05) is 29.8 Å². The molecule has 0 unspecified atom stereocenters. The van der Waals surface area contributed by atoms with Crippen molar-refractivity contribution < 1.29 is 13.8 Å². The Labute approximate surface area is 131 Å². The monoisotopic (exact) mass is 312 g/mol. The molecule has 4 heteroatoms. The molecule has 0 N–H and O–H groups in total. The van der Waals surface area contributed by atoms with Crippen LogP contribution in [-0.4, -0.2) is 15.8 Å². The standard InChI is InChI=1S/C18H16O3S/c1-10-2-6-13(7-3-10)22(21)15-9-14(19)16-11-4-5-12(8-11)17(16)18(15)20/h2-7,9,11-12,16-17H,8H2,1H3/t11-,12+,16+,17+,22-/m0/s1. The molecule has 0 radical (unpaired) electrons. The third kappa shape index (κ3) is 1.90. The fourth-order valence-corrected chi connectivity index (χ4v) is 5.14. The fourth-order valence-electron chi connectivity index (χ4n) is 3.96. The van der Waals surface area contributed by atoms with E-state index in [1.54, 1.807) is 12.1 Å². The fraction of sp³-hybridized carbons (Fsp3) is 0.333. The minimum atomic E-state index is -1.57. The van der Waals surface area contributed by atoms with Crippen molar-refractivity contribution in [2.24, 2.45) is 23.7 Å². The highest BCUT2D eigenvalue weighted by molar-refractivity contribution is 7.90. The summed E-state index contributed by atoms with van der Waals surface area (Å²) < 4.78 is 12.7.